The summed E-state index contributed by atoms with van der Waals surface area (Å²) < 4.78 is 11.0. The van der Waals surface area contributed by atoms with Gasteiger partial charge in [-0.3, -0.25) is 0 Å². The molecule has 4 rings (SSSR count). The van der Waals surface area contributed by atoms with Gasteiger partial charge < -0.3 is 19.7 Å². The average Bonchev–Trinajstić information content (AvgIpc) is 2.95. The molecule has 0 spiro atoms. The van der Waals surface area contributed by atoms with Crippen LogP contribution in [0.3, 0.4) is 0 Å². The highest BCUT2D eigenvalue weighted by Crippen LogP contribution is 2.38. The number of ether oxygens (including phenoxy) is 2. The van der Waals surface area contributed by atoms with E-state index < -0.39 is 0 Å². The minimum absolute atomic E-state index is 0.0455. The van der Waals surface area contributed by atoms with Crippen LogP contribution in [0.1, 0.15) is 30.4 Å². The predicted octanol–water partition coefficient (Wildman–Crippen LogP) is 2.29. The van der Waals surface area contributed by atoms with Crippen LogP contribution in [0.2, 0.25) is 0 Å². The third-order valence-corrected chi connectivity index (χ3v) is 5.23. The van der Waals surface area contributed by atoms with Gasteiger partial charge in [-0.1, -0.05) is 6.07 Å². The number of rotatable bonds is 2. The zero-order chi connectivity index (χ0) is 15.1. The second-order valence-electron chi connectivity index (χ2n) is 6.50. The first kappa shape index (κ1) is 13.9. The van der Waals surface area contributed by atoms with E-state index in [-0.39, 0.29) is 12.1 Å². The molecular formula is C17H22N2O3. The summed E-state index contributed by atoms with van der Waals surface area (Å²) in [6, 6.07) is 6.36. The van der Waals surface area contributed by atoms with E-state index in [1.807, 2.05) is 17.0 Å². The van der Waals surface area contributed by atoms with E-state index in [1.54, 1.807) is 7.11 Å². The molecule has 0 bridgehead atoms. The fraction of sp³-hybridized carbons (Fsp3) is 0.588. The molecule has 1 N–H and O–H groups in total. The third kappa shape index (κ3) is 2.33. The molecule has 118 valence electrons. The highest BCUT2D eigenvalue weighted by molar-refractivity contribution is 5.75. The van der Waals surface area contributed by atoms with Gasteiger partial charge in [0.2, 0.25) is 0 Å². The number of benzene rings is 1. The maximum atomic E-state index is 12.5. The quantitative estimate of drug-likeness (QED) is 0.912. The molecule has 5 nitrogen and oxygen atoms in total. The van der Waals surface area contributed by atoms with Crippen LogP contribution >= 0.6 is 0 Å². The Kier molecular flexibility index (Phi) is 3.45. The van der Waals surface area contributed by atoms with Crippen LogP contribution in [0.25, 0.3) is 0 Å². The van der Waals surface area contributed by atoms with Crippen LogP contribution in [0, 0.1) is 5.92 Å². The molecular weight excluding hydrogens is 280 g/mol. The molecule has 0 aromatic heterocycles. The van der Waals surface area contributed by atoms with Gasteiger partial charge in [-0.15, -0.1) is 0 Å². The first-order chi connectivity index (χ1) is 10.7. The van der Waals surface area contributed by atoms with Crippen molar-refractivity contribution in [3.8, 4) is 5.75 Å². The minimum atomic E-state index is 0.0455. The molecule has 3 atom stereocenters. The van der Waals surface area contributed by atoms with Crippen molar-refractivity contribution in [2.45, 2.75) is 44.5 Å². The maximum absolute atomic E-state index is 12.5. The zero-order valence-electron chi connectivity index (χ0n) is 12.9. The summed E-state index contributed by atoms with van der Waals surface area (Å²) in [5.41, 5.74) is 2.39. The summed E-state index contributed by atoms with van der Waals surface area (Å²) in [5.74, 6) is 1.37. The van der Waals surface area contributed by atoms with E-state index in [9.17, 15) is 4.79 Å². The standard InChI is InChI=1S/C17H22N2O3/c1-21-13-5-4-11-9-19(10-12(11)7-13)17(20)18-15-8-16-14(15)3-2-6-22-16/h4-5,7,14-16H,2-3,6,8-10H2,1H3,(H,18,20). The Morgan fingerprint density at radius 3 is 3.05 bits per heavy atom. The normalized spacial score (nSPS) is 29.3. The second-order valence-corrected chi connectivity index (χ2v) is 6.50. The SMILES string of the molecule is COc1ccc2c(c1)CN(C(=O)NC1CC3OCCCC13)C2. The molecule has 2 amide bonds. The molecule has 1 saturated carbocycles. The lowest BCUT2D eigenvalue weighted by Gasteiger charge is -2.47. The van der Waals surface area contributed by atoms with Gasteiger partial charge in [-0.25, -0.2) is 4.79 Å². The van der Waals surface area contributed by atoms with Crippen molar-refractivity contribution in [3.63, 3.8) is 0 Å². The molecule has 2 aliphatic heterocycles. The number of nitrogens with one attached hydrogen (secondary N) is 1. The smallest absolute Gasteiger partial charge is 0.318 e. The largest absolute Gasteiger partial charge is 0.497 e. The Hall–Kier alpha value is -1.75. The number of urea groups is 1. The van der Waals surface area contributed by atoms with Gasteiger partial charge >= 0.3 is 6.03 Å². The minimum Gasteiger partial charge on any atom is -0.497 e. The summed E-state index contributed by atoms with van der Waals surface area (Å²) in [7, 11) is 1.67. The van der Waals surface area contributed by atoms with Crippen LogP contribution < -0.4 is 10.1 Å². The summed E-state index contributed by atoms with van der Waals surface area (Å²) >= 11 is 0. The van der Waals surface area contributed by atoms with Crippen LogP contribution in [-0.4, -0.2) is 36.8 Å². The molecule has 1 aliphatic carbocycles. The monoisotopic (exact) mass is 302 g/mol. The molecule has 2 heterocycles. The van der Waals surface area contributed by atoms with Gasteiger partial charge in [-0.05, 0) is 42.5 Å². The first-order valence-corrected chi connectivity index (χ1v) is 8.07. The van der Waals surface area contributed by atoms with Gasteiger partial charge in [0.1, 0.15) is 5.75 Å². The molecule has 3 unspecified atom stereocenters. The van der Waals surface area contributed by atoms with Gasteiger partial charge in [0, 0.05) is 31.7 Å². The number of amides is 2. The Morgan fingerprint density at radius 2 is 2.23 bits per heavy atom. The van der Waals surface area contributed by atoms with Crippen molar-refractivity contribution in [1.29, 1.82) is 0 Å². The van der Waals surface area contributed by atoms with Crippen LogP contribution in [-0.2, 0) is 17.8 Å². The average molecular weight is 302 g/mol. The topological polar surface area (TPSA) is 50.8 Å². The maximum Gasteiger partial charge on any atom is 0.318 e. The van der Waals surface area contributed by atoms with Gasteiger partial charge in [-0.2, -0.15) is 0 Å². The molecule has 1 saturated heterocycles. The third-order valence-electron chi connectivity index (χ3n) is 5.23. The lowest BCUT2D eigenvalue weighted by molar-refractivity contribution is -0.101. The van der Waals surface area contributed by atoms with Crippen molar-refractivity contribution in [1.82, 2.24) is 10.2 Å². The Labute approximate surface area is 130 Å². The van der Waals surface area contributed by atoms with Crippen molar-refractivity contribution in [3.05, 3.63) is 29.3 Å². The van der Waals surface area contributed by atoms with E-state index in [0.29, 0.717) is 25.1 Å². The highest BCUT2D eigenvalue weighted by atomic mass is 16.5. The zero-order valence-corrected chi connectivity index (χ0v) is 12.9. The van der Waals surface area contributed by atoms with E-state index in [4.69, 9.17) is 9.47 Å². The molecule has 3 aliphatic rings. The van der Waals surface area contributed by atoms with Crippen LogP contribution in [0.5, 0.6) is 5.75 Å². The van der Waals surface area contributed by atoms with Gasteiger partial charge in [0.25, 0.3) is 0 Å². The van der Waals surface area contributed by atoms with E-state index in [2.05, 4.69) is 11.4 Å². The molecule has 2 fully saturated rings. The van der Waals surface area contributed by atoms with Crippen LogP contribution in [0.4, 0.5) is 4.79 Å². The molecule has 22 heavy (non-hydrogen) atoms. The van der Waals surface area contributed by atoms with Crippen molar-refractivity contribution < 1.29 is 14.3 Å². The Morgan fingerprint density at radius 1 is 1.36 bits per heavy atom. The number of hydrogen-bond donors (Lipinski definition) is 1. The Balaban J connectivity index is 1.36. The van der Waals surface area contributed by atoms with Crippen molar-refractivity contribution >= 4 is 6.03 Å². The highest BCUT2D eigenvalue weighted by Gasteiger charge is 2.44. The van der Waals surface area contributed by atoms with Crippen molar-refractivity contribution in [2.24, 2.45) is 5.92 Å². The van der Waals surface area contributed by atoms with Gasteiger partial charge in [0.05, 0.1) is 13.2 Å². The lowest BCUT2D eigenvalue weighted by Crippen LogP contribution is -2.59. The van der Waals surface area contributed by atoms with Crippen LogP contribution in [0.15, 0.2) is 18.2 Å². The number of nitrogens with zero attached hydrogens (tertiary/aromatic N) is 1. The van der Waals surface area contributed by atoms with E-state index >= 15 is 0 Å². The molecule has 1 aromatic carbocycles. The summed E-state index contributed by atoms with van der Waals surface area (Å²) in [6.45, 7) is 2.23. The number of methoxy groups -OCH3 is 1. The summed E-state index contributed by atoms with van der Waals surface area (Å²) in [6.07, 6.45) is 3.62. The van der Waals surface area contributed by atoms with Gasteiger partial charge in [0.15, 0.2) is 0 Å². The predicted molar refractivity (Wildman–Crippen MR) is 81.6 cm³/mol. The summed E-state index contributed by atoms with van der Waals surface area (Å²) in [4.78, 5) is 14.4. The number of hydrogen-bond acceptors (Lipinski definition) is 3. The number of carbonyl (C=O) groups excluding carboxylic acids is 1. The number of carbonyl (C=O) groups is 1. The molecule has 0 radical (unpaired) electrons. The summed E-state index contributed by atoms with van der Waals surface area (Å²) in [5, 5.41) is 3.20. The molecule has 5 heteroatoms. The first-order valence-electron chi connectivity index (χ1n) is 8.07. The van der Waals surface area contributed by atoms with E-state index in [0.717, 1.165) is 25.2 Å². The Bertz CT molecular complexity index is 589. The fourth-order valence-corrected chi connectivity index (χ4v) is 3.85. The fourth-order valence-electron chi connectivity index (χ4n) is 3.85. The number of fused-ring (bicyclic) bond motifs is 2. The molecule has 1 aromatic rings. The van der Waals surface area contributed by atoms with E-state index in [1.165, 1.54) is 17.5 Å². The lowest BCUT2D eigenvalue weighted by atomic mass is 9.72. The second kappa shape index (κ2) is 5.47. The van der Waals surface area contributed by atoms with Crippen molar-refractivity contribution in [2.75, 3.05) is 13.7 Å².